The lowest BCUT2D eigenvalue weighted by atomic mass is 9.87. The first-order valence-corrected chi connectivity index (χ1v) is 9.70. The van der Waals surface area contributed by atoms with Crippen molar-refractivity contribution >= 4 is 9.84 Å². The van der Waals surface area contributed by atoms with Crippen LogP contribution in [-0.2, 0) is 16.3 Å². The van der Waals surface area contributed by atoms with E-state index in [9.17, 15) is 8.42 Å². The van der Waals surface area contributed by atoms with Gasteiger partial charge >= 0.3 is 0 Å². The van der Waals surface area contributed by atoms with E-state index in [1.165, 1.54) is 11.1 Å². The van der Waals surface area contributed by atoms with Crippen molar-refractivity contribution in [3.63, 3.8) is 0 Å². The van der Waals surface area contributed by atoms with Gasteiger partial charge in [0.2, 0.25) is 0 Å². The summed E-state index contributed by atoms with van der Waals surface area (Å²) in [4.78, 5) is 0. The molecule has 1 aliphatic carbocycles. The van der Waals surface area contributed by atoms with Gasteiger partial charge in [-0.1, -0.05) is 45.0 Å². The maximum absolute atomic E-state index is 12.7. The van der Waals surface area contributed by atoms with Crippen molar-refractivity contribution in [2.24, 2.45) is 5.92 Å². The molecular weight excluding hydrogens is 282 g/mol. The molecule has 1 aromatic rings. The molecule has 4 heteroatoms. The molecule has 0 fully saturated rings. The minimum Gasteiger partial charge on any atom is -0.309 e. The summed E-state index contributed by atoms with van der Waals surface area (Å²) < 4.78 is 25.5. The zero-order valence-corrected chi connectivity index (χ0v) is 14.1. The highest BCUT2D eigenvalue weighted by atomic mass is 32.2. The monoisotopic (exact) mass is 309 g/mol. The number of fused-ring (bicyclic) bond motifs is 1. The molecule has 118 valence electrons. The van der Waals surface area contributed by atoms with Crippen molar-refractivity contribution in [3.05, 3.63) is 35.4 Å². The van der Waals surface area contributed by atoms with E-state index in [4.69, 9.17) is 0 Å². The molecule has 2 atom stereocenters. The molecule has 2 rings (SSSR count). The third kappa shape index (κ3) is 3.86. The predicted molar refractivity (Wildman–Crippen MR) is 88.2 cm³/mol. The highest BCUT2D eigenvalue weighted by Gasteiger charge is 2.37. The van der Waals surface area contributed by atoms with Gasteiger partial charge in [-0.25, -0.2) is 8.42 Å². The summed E-state index contributed by atoms with van der Waals surface area (Å²) in [6, 6.07) is 8.18. The number of rotatable bonds is 6. The summed E-state index contributed by atoms with van der Waals surface area (Å²) in [6.45, 7) is 6.98. The lowest BCUT2D eigenvalue weighted by Gasteiger charge is -2.34. The molecule has 1 N–H and O–H groups in total. The molecule has 0 saturated carbocycles. The summed E-state index contributed by atoms with van der Waals surface area (Å²) in [5.74, 6) is 0.729. The van der Waals surface area contributed by atoms with E-state index >= 15 is 0 Å². The molecule has 21 heavy (non-hydrogen) atoms. The molecule has 2 unspecified atom stereocenters. The second-order valence-corrected chi connectivity index (χ2v) is 8.70. The van der Waals surface area contributed by atoms with Gasteiger partial charge in [-0.2, -0.15) is 0 Å². The van der Waals surface area contributed by atoms with Crippen LogP contribution in [0.3, 0.4) is 0 Å². The van der Waals surface area contributed by atoms with Gasteiger partial charge in [0.25, 0.3) is 0 Å². The third-order valence-electron chi connectivity index (χ3n) is 4.33. The summed E-state index contributed by atoms with van der Waals surface area (Å²) >= 11 is 0. The van der Waals surface area contributed by atoms with E-state index in [1.807, 2.05) is 19.1 Å². The molecular formula is C17H27NO2S. The van der Waals surface area contributed by atoms with Crippen molar-refractivity contribution in [2.75, 3.05) is 12.3 Å². The van der Waals surface area contributed by atoms with E-state index in [2.05, 4.69) is 31.3 Å². The van der Waals surface area contributed by atoms with Crippen molar-refractivity contribution in [2.45, 2.75) is 51.3 Å². The van der Waals surface area contributed by atoms with E-state index < -0.39 is 9.84 Å². The molecule has 0 bridgehead atoms. The van der Waals surface area contributed by atoms with Crippen LogP contribution in [0.1, 0.15) is 50.8 Å². The lowest BCUT2D eigenvalue weighted by Crippen LogP contribution is -2.41. The highest BCUT2D eigenvalue weighted by molar-refractivity contribution is 7.92. The Kier molecular flexibility index (Phi) is 5.44. The van der Waals surface area contributed by atoms with Crippen LogP contribution < -0.4 is 5.32 Å². The van der Waals surface area contributed by atoms with Crippen LogP contribution in [0.2, 0.25) is 0 Å². The Hall–Kier alpha value is -0.870. The summed E-state index contributed by atoms with van der Waals surface area (Å²) in [7, 11) is -3.05. The number of hydrogen-bond donors (Lipinski definition) is 1. The van der Waals surface area contributed by atoms with E-state index in [0.717, 1.165) is 25.8 Å². The predicted octanol–water partition coefficient (Wildman–Crippen LogP) is 3.11. The largest absolute Gasteiger partial charge is 0.309 e. The number of nitrogens with one attached hydrogen (secondary N) is 1. The Labute approximate surface area is 129 Å². The average Bonchev–Trinajstić information content (AvgIpc) is 2.46. The van der Waals surface area contributed by atoms with Crippen molar-refractivity contribution in [1.29, 1.82) is 0 Å². The fourth-order valence-corrected chi connectivity index (χ4v) is 5.37. The molecule has 0 spiro atoms. The van der Waals surface area contributed by atoms with Gasteiger partial charge in [0.1, 0.15) is 0 Å². The van der Waals surface area contributed by atoms with Gasteiger partial charge in [0, 0.05) is 6.04 Å². The summed E-state index contributed by atoms with van der Waals surface area (Å²) in [5.41, 5.74) is 2.46. The molecule has 3 nitrogen and oxygen atoms in total. The number of hydrogen-bond acceptors (Lipinski definition) is 3. The Morgan fingerprint density at radius 3 is 2.67 bits per heavy atom. The molecule has 0 aromatic heterocycles. The average molecular weight is 309 g/mol. The smallest absolute Gasteiger partial charge is 0.155 e. The first kappa shape index (κ1) is 16.5. The van der Waals surface area contributed by atoms with Crippen LogP contribution in [0, 0.1) is 5.92 Å². The van der Waals surface area contributed by atoms with Gasteiger partial charge in [-0.3, -0.25) is 0 Å². The molecule has 0 aliphatic heterocycles. The first-order valence-electron chi connectivity index (χ1n) is 7.98. The summed E-state index contributed by atoms with van der Waals surface area (Å²) in [6.07, 6.45) is 2.35. The molecule has 0 heterocycles. The SMILES string of the molecule is CCNC1c2ccccc2CCC1S(=O)(=O)CCC(C)C. The number of benzene rings is 1. The van der Waals surface area contributed by atoms with Gasteiger partial charge in [0.05, 0.1) is 11.0 Å². The van der Waals surface area contributed by atoms with Gasteiger partial charge in [-0.15, -0.1) is 0 Å². The highest BCUT2D eigenvalue weighted by Crippen LogP contribution is 2.34. The molecule has 1 aromatic carbocycles. The number of sulfone groups is 1. The molecule has 0 saturated heterocycles. The molecule has 0 radical (unpaired) electrons. The van der Waals surface area contributed by atoms with Crippen molar-refractivity contribution < 1.29 is 8.42 Å². The lowest BCUT2D eigenvalue weighted by molar-refractivity contribution is 0.454. The van der Waals surface area contributed by atoms with Crippen molar-refractivity contribution in [3.8, 4) is 0 Å². The molecule has 0 amide bonds. The normalized spacial score (nSPS) is 22.3. The van der Waals surface area contributed by atoms with Crippen LogP contribution in [0.25, 0.3) is 0 Å². The maximum atomic E-state index is 12.7. The quantitative estimate of drug-likeness (QED) is 0.878. The first-order chi connectivity index (χ1) is 9.95. The van der Waals surface area contributed by atoms with Gasteiger partial charge < -0.3 is 5.32 Å². The zero-order chi connectivity index (χ0) is 15.5. The number of aryl methyl sites for hydroxylation is 1. The molecule has 1 aliphatic rings. The fraction of sp³-hybridized carbons (Fsp3) is 0.647. The van der Waals surface area contributed by atoms with Crippen LogP contribution in [-0.4, -0.2) is 26.0 Å². The van der Waals surface area contributed by atoms with E-state index in [1.54, 1.807) is 0 Å². The topological polar surface area (TPSA) is 46.2 Å². The van der Waals surface area contributed by atoms with Crippen LogP contribution in [0.5, 0.6) is 0 Å². The minimum absolute atomic E-state index is 0.0582. The third-order valence-corrected chi connectivity index (χ3v) is 6.56. The Morgan fingerprint density at radius 2 is 2.00 bits per heavy atom. The minimum atomic E-state index is -3.05. The van der Waals surface area contributed by atoms with E-state index in [0.29, 0.717) is 11.7 Å². The zero-order valence-electron chi connectivity index (χ0n) is 13.3. The van der Waals surface area contributed by atoms with Crippen molar-refractivity contribution in [1.82, 2.24) is 5.32 Å². The Balaban J connectivity index is 2.27. The van der Waals surface area contributed by atoms with Crippen LogP contribution >= 0.6 is 0 Å². The van der Waals surface area contributed by atoms with E-state index in [-0.39, 0.29) is 11.3 Å². The summed E-state index contributed by atoms with van der Waals surface area (Å²) in [5, 5.41) is 3.12. The van der Waals surface area contributed by atoms with Gasteiger partial charge in [-0.05, 0) is 42.9 Å². The standard InChI is InChI=1S/C17H27NO2S/c1-4-18-17-15-8-6-5-7-14(15)9-10-16(17)21(19,20)12-11-13(2)3/h5-8,13,16-18H,4,9-12H2,1-3H3. The second-order valence-electron chi connectivity index (χ2n) is 6.36. The van der Waals surface area contributed by atoms with Gasteiger partial charge in [0.15, 0.2) is 9.84 Å². The van der Waals surface area contributed by atoms with Crippen LogP contribution in [0.4, 0.5) is 0 Å². The second kappa shape index (κ2) is 6.93. The van der Waals surface area contributed by atoms with Crippen LogP contribution in [0.15, 0.2) is 24.3 Å². The Bertz CT molecular complexity index is 566. The fourth-order valence-electron chi connectivity index (χ4n) is 3.13. The Morgan fingerprint density at radius 1 is 1.29 bits per heavy atom. The maximum Gasteiger partial charge on any atom is 0.155 e.